The van der Waals surface area contributed by atoms with Gasteiger partial charge >= 0.3 is 0 Å². The number of pyridine rings is 2. The summed E-state index contributed by atoms with van der Waals surface area (Å²) < 4.78 is 0. The maximum atomic E-state index is 4.39. The Labute approximate surface area is 108 Å². The molecule has 3 nitrogen and oxygen atoms in total. The average molecular weight is 241 g/mol. The summed E-state index contributed by atoms with van der Waals surface area (Å²) in [5.41, 5.74) is 2.45. The molecular formula is C15H19N3. The van der Waals surface area contributed by atoms with Crippen LogP contribution < -0.4 is 5.32 Å². The van der Waals surface area contributed by atoms with Gasteiger partial charge in [0, 0.05) is 36.7 Å². The van der Waals surface area contributed by atoms with Crippen LogP contribution in [0.5, 0.6) is 0 Å². The third kappa shape index (κ3) is 3.93. The molecule has 94 valence electrons. The van der Waals surface area contributed by atoms with Crippen LogP contribution in [-0.4, -0.2) is 22.6 Å². The molecule has 0 spiro atoms. The number of likely N-dealkylation sites (N-methyl/N-ethyl adjacent to an activating group) is 1. The highest BCUT2D eigenvalue weighted by molar-refractivity contribution is 5.13. The van der Waals surface area contributed by atoms with E-state index in [0.717, 1.165) is 25.1 Å². The van der Waals surface area contributed by atoms with Crippen LogP contribution in [0.4, 0.5) is 0 Å². The first kappa shape index (κ1) is 12.7. The highest BCUT2D eigenvalue weighted by Crippen LogP contribution is 2.06. The van der Waals surface area contributed by atoms with Crippen LogP contribution in [0, 0.1) is 0 Å². The van der Waals surface area contributed by atoms with Crippen LogP contribution in [0.15, 0.2) is 48.9 Å². The van der Waals surface area contributed by atoms with Crippen molar-refractivity contribution in [2.45, 2.75) is 25.8 Å². The van der Waals surface area contributed by atoms with Gasteiger partial charge in [-0.1, -0.05) is 13.0 Å². The zero-order chi connectivity index (χ0) is 12.6. The molecule has 0 bridgehead atoms. The van der Waals surface area contributed by atoms with E-state index in [2.05, 4.69) is 40.4 Å². The van der Waals surface area contributed by atoms with Crippen molar-refractivity contribution < 1.29 is 0 Å². The molecule has 0 aliphatic heterocycles. The highest BCUT2D eigenvalue weighted by atomic mass is 14.9. The van der Waals surface area contributed by atoms with Crippen LogP contribution in [0.1, 0.15) is 18.2 Å². The molecule has 0 amide bonds. The summed E-state index contributed by atoms with van der Waals surface area (Å²) in [6, 6.07) is 10.6. The average Bonchev–Trinajstić information content (AvgIpc) is 2.41. The normalized spacial score (nSPS) is 12.3. The Hall–Kier alpha value is -1.74. The Morgan fingerprint density at radius 1 is 1.06 bits per heavy atom. The molecule has 2 aromatic rings. The molecule has 0 aliphatic carbocycles. The number of nitrogens with zero attached hydrogens (tertiary/aromatic N) is 2. The second-order valence-electron chi connectivity index (χ2n) is 4.34. The van der Waals surface area contributed by atoms with E-state index in [-0.39, 0.29) is 0 Å². The van der Waals surface area contributed by atoms with Crippen molar-refractivity contribution in [2.75, 3.05) is 6.54 Å². The number of hydrogen-bond donors (Lipinski definition) is 1. The highest BCUT2D eigenvalue weighted by Gasteiger charge is 2.09. The number of rotatable bonds is 6. The van der Waals surface area contributed by atoms with E-state index < -0.39 is 0 Å². The molecule has 1 unspecified atom stereocenters. The lowest BCUT2D eigenvalue weighted by Gasteiger charge is -2.17. The quantitative estimate of drug-likeness (QED) is 0.843. The number of nitrogens with one attached hydrogen (secondary N) is 1. The van der Waals surface area contributed by atoms with Gasteiger partial charge in [-0.15, -0.1) is 0 Å². The van der Waals surface area contributed by atoms with Gasteiger partial charge in [0.1, 0.15) is 0 Å². The monoisotopic (exact) mass is 241 g/mol. The minimum Gasteiger partial charge on any atom is -0.314 e. The van der Waals surface area contributed by atoms with Gasteiger partial charge in [-0.2, -0.15) is 0 Å². The zero-order valence-electron chi connectivity index (χ0n) is 10.7. The smallest absolute Gasteiger partial charge is 0.0419 e. The molecule has 0 saturated carbocycles. The Kier molecular flexibility index (Phi) is 4.85. The Morgan fingerprint density at radius 2 is 1.89 bits per heavy atom. The van der Waals surface area contributed by atoms with Crippen molar-refractivity contribution in [3.63, 3.8) is 0 Å². The summed E-state index contributed by atoms with van der Waals surface area (Å²) in [5, 5.41) is 3.52. The van der Waals surface area contributed by atoms with Gasteiger partial charge in [-0.05, 0) is 42.8 Å². The lowest BCUT2D eigenvalue weighted by atomic mass is 10.0. The van der Waals surface area contributed by atoms with Gasteiger partial charge in [-0.25, -0.2) is 0 Å². The van der Waals surface area contributed by atoms with E-state index in [1.165, 1.54) is 5.56 Å². The Balaban J connectivity index is 2.00. The summed E-state index contributed by atoms with van der Waals surface area (Å²) in [6.45, 7) is 3.11. The topological polar surface area (TPSA) is 37.8 Å². The van der Waals surface area contributed by atoms with E-state index in [1.807, 2.05) is 30.7 Å². The second kappa shape index (κ2) is 6.87. The van der Waals surface area contributed by atoms with Gasteiger partial charge in [0.25, 0.3) is 0 Å². The number of aromatic nitrogens is 2. The van der Waals surface area contributed by atoms with E-state index >= 15 is 0 Å². The summed E-state index contributed by atoms with van der Waals surface area (Å²) in [4.78, 5) is 8.44. The van der Waals surface area contributed by atoms with Crippen molar-refractivity contribution in [1.29, 1.82) is 0 Å². The fourth-order valence-electron chi connectivity index (χ4n) is 2.08. The standard InChI is InChI=1S/C15H19N3/c1-2-17-15(11-13-6-9-16-10-7-13)12-14-5-3-4-8-18-14/h3-10,15,17H,2,11-12H2,1H3. The first-order chi connectivity index (χ1) is 8.88. The van der Waals surface area contributed by atoms with E-state index in [0.29, 0.717) is 6.04 Å². The van der Waals surface area contributed by atoms with Crippen LogP contribution in [0.2, 0.25) is 0 Å². The molecule has 2 heterocycles. The van der Waals surface area contributed by atoms with Gasteiger partial charge in [0.2, 0.25) is 0 Å². The fourth-order valence-corrected chi connectivity index (χ4v) is 2.08. The van der Waals surface area contributed by atoms with E-state index in [4.69, 9.17) is 0 Å². The van der Waals surface area contributed by atoms with Crippen molar-refractivity contribution in [3.8, 4) is 0 Å². The van der Waals surface area contributed by atoms with Crippen LogP contribution in [0.25, 0.3) is 0 Å². The number of hydrogen-bond acceptors (Lipinski definition) is 3. The van der Waals surface area contributed by atoms with Crippen molar-refractivity contribution in [1.82, 2.24) is 15.3 Å². The van der Waals surface area contributed by atoms with Crippen molar-refractivity contribution >= 4 is 0 Å². The minimum absolute atomic E-state index is 0.423. The lowest BCUT2D eigenvalue weighted by Crippen LogP contribution is -2.33. The lowest BCUT2D eigenvalue weighted by molar-refractivity contribution is 0.516. The maximum Gasteiger partial charge on any atom is 0.0419 e. The first-order valence-corrected chi connectivity index (χ1v) is 6.40. The van der Waals surface area contributed by atoms with Gasteiger partial charge in [-0.3, -0.25) is 9.97 Å². The first-order valence-electron chi connectivity index (χ1n) is 6.40. The third-order valence-corrected chi connectivity index (χ3v) is 2.91. The van der Waals surface area contributed by atoms with Crippen LogP contribution in [0.3, 0.4) is 0 Å². The molecule has 1 N–H and O–H groups in total. The molecule has 1 atom stereocenters. The molecule has 3 heteroatoms. The molecule has 0 saturated heterocycles. The zero-order valence-corrected chi connectivity index (χ0v) is 10.7. The van der Waals surface area contributed by atoms with Crippen molar-refractivity contribution in [3.05, 3.63) is 60.2 Å². The molecule has 2 aromatic heterocycles. The van der Waals surface area contributed by atoms with E-state index in [1.54, 1.807) is 0 Å². The second-order valence-corrected chi connectivity index (χ2v) is 4.34. The molecule has 2 rings (SSSR count). The molecule has 0 fully saturated rings. The molecule has 0 radical (unpaired) electrons. The Morgan fingerprint density at radius 3 is 2.56 bits per heavy atom. The van der Waals surface area contributed by atoms with E-state index in [9.17, 15) is 0 Å². The molecule has 0 aliphatic rings. The van der Waals surface area contributed by atoms with Gasteiger partial charge < -0.3 is 5.32 Å². The predicted octanol–water partition coefficient (Wildman–Crippen LogP) is 2.24. The summed E-state index contributed by atoms with van der Waals surface area (Å²) >= 11 is 0. The van der Waals surface area contributed by atoms with Crippen LogP contribution in [-0.2, 0) is 12.8 Å². The Bertz CT molecular complexity index is 400. The van der Waals surface area contributed by atoms with Crippen molar-refractivity contribution in [2.24, 2.45) is 0 Å². The predicted molar refractivity (Wildman–Crippen MR) is 73.3 cm³/mol. The summed E-state index contributed by atoms with van der Waals surface area (Å²) in [7, 11) is 0. The van der Waals surface area contributed by atoms with Gasteiger partial charge in [0.05, 0.1) is 0 Å². The molecule has 18 heavy (non-hydrogen) atoms. The largest absolute Gasteiger partial charge is 0.314 e. The third-order valence-electron chi connectivity index (χ3n) is 2.91. The molecular weight excluding hydrogens is 222 g/mol. The van der Waals surface area contributed by atoms with Gasteiger partial charge in [0.15, 0.2) is 0 Å². The summed E-state index contributed by atoms with van der Waals surface area (Å²) in [5.74, 6) is 0. The SMILES string of the molecule is CCNC(Cc1ccncc1)Cc1ccccn1. The summed E-state index contributed by atoms with van der Waals surface area (Å²) in [6.07, 6.45) is 7.51. The minimum atomic E-state index is 0.423. The van der Waals surface area contributed by atoms with Crippen LogP contribution >= 0.6 is 0 Å². The maximum absolute atomic E-state index is 4.39. The fraction of sp³-hybridized carbons (Fsp3) is 0.333. The molecule has 0 aromatic carbocycles.